The van der Waals surface area contributed by atoms with Gasteiger partial charge in [-0.3, -0.25) is 4.79 Å². The van der Waals surface area contributed by atoms with Crippen molar-refractivity contribution in [1.29, 1.82) is 0 Å². The Labute approximate surface area is 114 Å². The highest BCUT2D eigenvalue weighted by Gasteiger charge is 2.17. The lowest BCUT2D eigenvalue weighted by Crippen LogP contribution is -2.04. The Hall–Kier alpha value is -1.71. The Kier molecular flexibility index (Phi) is 5.67. The van der Waals surface area contributed by atoms with Gasteiger partial charge in [-0.2, -0.15) is 0 Å². The molecule has 0 aliphatic heterocycles. The van der Waals surface area contributed by atoms with Gasteiger partial charge in [0.15, 0.2) is 11.5 Å². The van der Waals surface area contributed by atoms with E-state index >= 15 is 0 Å². The summed E-state index contributed by atoms with van der Waals surface area (Å²) in [4.78, 5) is 11.0. The van der Waals surface area contributed by atoms with E-state index < -0.39 is 5.97 Å². The minimum absolute atomic E-state index is 0.0398. The molecule has 1 rings (SSSR count). The maximum absolute atomic E-state index is 11.0. The molecule has 0 heterocycles. The zero-order valence-electron chi connectivity index (χ0n) is 11.8. The Bertz CT molecular complexity index is 452. The zero-order valence-corrected chi connectivity index (χ0v) is 11.8. The molecule has 0 aliphatic carbocycles. The molecule has 0 bridgehead atoms. The van der Waals surface area contributed by atoms with Crippen molar-refractivity contribution in [2.24, 2.45) is 0 Å². The van der Waals surface area contributed by atoms with Crippen molar-refractivity contribution < 1.29 is 19.7 Å². The quantitative estimate of drug-likeness (QED) is 0.358. The van der Waals surface area contributed by atoms with Crippen LogP contribution in [0.2, 0.25) is 0 Å². The predicted octanol–water partition coefficient (Wildman–Crippen LogP) is 3.45. The van der Waals surface area contributed by atoms with Crippen LogP contribution in [0.5, 0.6) is 17.2 Å². The Morgan fingerprint density at radius 3 is 2.53 bits per heavy atom. The summed E-state index contributed by atoms with van der Waals surface area (Å²) in [5.41, 5.74) is 1.00. The number of unbranched alkanes of at least 4 members (excludes halogenated alkanes) is 3. The number of hydrogen-bond acceptors (Lipinski definition) is 4. The molecule has 4 nitrogen and oxygen atoms in total. The number of carbonyl (C=O) groups is 1. The molecular weight excluding hydrogens is 244 g/mol. The van der Waals surface area contributed by atoms with E-state index in [-0.39, 0.29) is 17.2 Å². The highest BCUT2D eigenvalue weighted by atomic mass is 16.5. The van der Waals surface area contributed by atoms with Gasteiger partial charge in [-0.05, 0) is 25.8 Å². The van der Waals surface area contributed by atoms with E-state index in [0.29, 0.717) is 17.5 Å². The first-order valence-corrected chi connectivity index (χ1v) is 6.70. The summed E-state index contributed by atoms with van der Waals surface area (Å²) in [7, 11) is 0. The van der Waals surface area contributed by atoms with Gasteiger partial charge in [-0.1, -0.05) is 26.2 Å². The van der Waals surface area contributed by atoms with Gasteiger partial charge >= 0.3 is 5.97 Å². The fourth-order valence-corrected chi connectivity index (χ4v) is 1.98. The standard InChI is InChI=1S/C15H22O4/c1-4-5-6-7-8-12-9-13(17)10(2)15(14(12)18)19-11(3)16/h9,17-18H,4-8H2,1-3H3. The fraction of sp³-hybridized carbons (Fsp3) is 0.533. The number of esters is 1. The van der Waals surface area contributed by atoms with Crippen molar-refractivity contribution in [1.82, 2.24) is 0 Å². The van der Waals surface area contributed by atoms with Gasteiger partial charge < -0.3 is 14.9 Å². The molecule has 0 spiro atoms. The number of aromatic hydroxyl groups is 2. The largest absolute Gasteiger partial charge is 0.508 e. The molecule has 106 valence electrons. The van der Waals surface area contributed by atoms with Crippen molar-refractivity contribution in [2.45, 2.75) is 52.9 Å². The minimum Gasteiger partial charge on any atom is -0.508 e. The molecule has 0 radical (unpaired) electrons. The number of phenolic OH excluding ortho intramolecular Hbond substituents is 2. The molecule has 1 aromatic carbocycles. The van der Waals surface area contributed by atoms with Crippen LogP contribution in [-0.2, 0) is 11.2 Å². The van der Waals surface area contributed by atoms with Gasteiger partial charge in [-0.15, -0.1) is 0 Å². The van der Waals surface area contributed by atoms with E-state index in [1.807, 2.05) is 0 Å². The van der Waals surface area contributed by atoms with Gasteiger partial charge in [0.1, 0.15) is 5.75 Å². The average Bonchev–Trinajstić information content (AvgIpc) is 2.36. The predicted molar refractivity (Wildman–Crippen MR) is 73.7 cm³/mol. The highest BCUT2D eigenvalue weighted by Crippen LogP contribution is 2.39. The summed E-state index contributed by atoms with van der Waals surface area (Å²) in [5.74, 6) is -0.444. The summed E-state index contributed by atoms with van der Waals surface area (Å²) >= 11 is 0. The molecule has 2 N–H and O–H groups in total. The number of aryl methyl sites for hydroxylation is 1. The SMILES string of the molecule is CCCCCCc1cc(O)c(C)c(OC(C)=O)c1O. The smallest absolute Gasteiger partial charge is 0.308 e. The minimum atomic E-state index is -0.513. The van der Waals surface area contributed by atoms with E-state index in [0.717, 1.165) is 25.7 Å². The zero-order chi connectivity index (χ0) is 14.4. The van der Waals surface area contributed by atoms with Crippen LogP contribution in [0.15, 0.2) is 6.07 Å². The lowest BCUT2D eigenvalue weighted by atomic mass is 10.0. The summed E-state index contributed by atoms with van der Waals surface area (Å²) in [6.45, 7) is 5.01. The van der Waals surface area contributed by atoms with Gasteiger partial charge in [0.25, 0.3) is 0 Å². The van der Waals surface area contributed by atoms with Gasteiger partial charge in [-0.25, -0.2) is 0 Å². The van der Waals surface area contributed by atoms with E-state index in [1.165, 1.54) is 6.92 Å². The molecule has 0 aromatic heterocycles. The normalized spacial score (nSPS) is 10.5. The molecule has 0 amide bonds. The van der Waals surface area contributed by atoms with Gasteiger partial charge in [0.2, 0.25) is 0 Å². The first-order valence-electron chi connectivity index (χ1n) is 6.70. The lowest BCUT2D eigenvalue weighted by molar-refractivity contribution is -0.132. The third-order valence-electron chi connectivity index (χ3n) is 3.10. The summed E-state index contributed by atoms with van der Waals surface area (Å²) in [5, 5.41) is 19.9. The Morgan fingerprint density at radius 2 is 1.95 bits per heavy atom. The molecule has 1 aromatic rings. The van der Waals surface area contributed by atoms with Crippen LogP contribution in [0.4, 0.5) is 0 Å². The molecular formula is C15H22O4. The highest BCUT2D eigenvalue weighted by molar-refractivity contribution is 5.72. The maximum Gasteiger partial charge on any atom is 0.308 e. The van der Waals surface area contributed by atoms with Crippen molar-refractivity contribution in [3.05, 3.63) is 17.2 Å². The maximum atomic E-state index is 11.0. The van der Waals surface area contributed by atoms with Crippen LogP contribution < -0.4 is 4.74 Å². The number of phenols is 2. The summed E-state index contributed by atoms with van der Waals surface area (Å²) < 4.78 is 4.98. The van der Waals surface area contributed by atoms with Crippen LogP contribution in [0, 0.1) is 6.92 Å². The van der Waals surface area contributed by atoms with Gasteiger partial charge in [0.05, 0.1) is 0 Å². The number of ether oxygens (including phenoxy) is 1. The fourth-order valence-electron chi connectivity index (χ4n) is 1.98. The van der Waals surface area contributed by atoms with Crippen LogP contribution >= 0.6 is 0 Å². The monoisotopic (exact) mass is 266 g/mol. The Balaban J connectivity index is 2.93. The van der Waals surface area contributed by atoms with E-state index in [2.05, 4.69) is 6.92 Å². The number of rotatable bonds is 6. The lowest BCUT2D eigenvalue weighted by Gasteiger charge is -2.13. The molecule has 0 saturated heterocycles. The van der Waals surface area contributed by atoms with Gasteiger partial charge in [0, 0.05) is 18.1 Å². The third kappa shape index (κ3) is 4.16. The third-order valence-corrected chi connectivity index (χ3v) is 3.10. The van der Waals surface area contributed by atoms with Crippen molar-refractivity contribution in [3.8, 4) is 17.2 Å². The van der Waals surface area contributed by atoms with Crippen LogP contribution in [0.25, 0.3) is 0 Å². The Morgan fingerprint density at radius 1 is 1.26 bits per heavy atom. The van der Waals surface area contributed by atoms with Crippen LogP contribution in [0.1, 0.15) is 50.7 Å². The number of hydrogen-bond donors (Lipinski definition) is 2. The topological polar surface area (TPSA) is 66.8 Å². The first kappa shape index (κ1) is 15.3. The first-order chi connectivity index (χ1) is 8.97. The average molecular weight is 266 g/mol. The molecule has 0 aliphatic rings. The van der Waals surface area contributed by atoms with Crippen LogP contribution in [0.3, 0.4) is 0 Å². The molecule has 0 atom stereocenters. The number of benzene rings is 1. The second-order valence-electron chi connectivity index (χ2n) is 4.76. The van der Waals surface area contributed by atoms with E-state index in [4.69, 9.17) is 4.74 Å². The molecule has 0 unspecified atom stereocenters. The number of carbonyl (C=O) groups excluding carboxylic acids is 1. The van der Waals surface area contributed by atoms with Crippen LogP contribution in [-0.4, -0.2) is 16.2 Å². The molecule has 4 heteroatoms. The molecule has 0 fully saturated rings. The second kappa shape index (κ2) is 7.02. The van der Waals surface area contributed by atoms with Crippen molar-refractivity contribution >= 4 is 5.97 Å². The summed E-state index contributed by atoms with van der Waals surface area (Å²) in [6, 6.07) is 1.55. The molecule has 19 heavy (non-hydrogen) atoms. The van der Waals surface area contributed by atoms with Crippen molar-refractivity contribution in [2.75, 3.05) is 0 Å². The second-order valence-corrected chi connectivity index (χ2v) is 4.76. The van der Waals surface area contributed by atoms with E-state index in [9.17, 15) is 15.0 Å². The van der Waals surface area contributed by atoms with Crippen molar-refractivity contribution in [3.63, 3.8) is 0 Å². The van der Waals surface area contributed by atoms with E-state index in [1.54, 1.807) is 13.0 Å². The molecule has 0 saturated carbocycles. The summed E-state index contributed by atoms with van der Waals surface area (Å²) in [6.07, 6.45) is 4.96.